The fourth-order valence-electron chi connectivity index (χ4n) is 2.04. The van der Waals surface area contributed by atoms with Gasteiger partial charge in [0.05, 0.1) is 17.3 Å². The monoisotopic (exact) mass is 284 g/mol. The van der Waals surface area contributed by atoms with Crippen molar-refractivity contribution in [2.24, 2.45) is 0 Å². The molecule has 3 rings (SSSR count). The Hall–Kier alpha value is -2.12. The van der Waals surface area contributed by atoms with Crippen molar-refractivity contribution in [2.45, 2.75) is 25.1 Å². The van der Waals surface area contributed by atoms with Crippen molar-refractivity contribution in [2.75, 3.05) is 7.05 Å². The van der Waals surface area contributed by atoms with Gasteiger partial charge in [0.2, 0.25) is 5.82 Å². The summed E-state index contributed by atoms with van der Waals surface area (Å²) in [6.45, 7) is 0. The lowest BCUT2D eigenvalue weighted by molar-refractivity contribution is -0.144. The minimum absolute atomic E-state index is 0.00447. The number of nitrogens with one attached hydrogen (secondary N) is 1. The van der Waals surface area contributed by atoms with Crippen LogP contribution in [0.2, 0.25) is 0 Å². The van der Waals surface area contributed by atoms with E-state index in [9.17, 15) is 18.0 Å². The van der Waals surface area contributed by atoms with Crippen LogP contribution in [0, 0.1) is 0 Å². The summed E-state index contributed by atoms with van der Waals surface area (Å²) in [5.41, 5.74) is 0.195. The van der Waals surface area contributed by atoms with Crippen LogP contribution in [-0.4, -0.2) is 38.8 Å². The SMILES string of the molecule is CN(C(=O)c1cncc2[nH]c(C(F)(F)F)nc12)C1CC1. The summed E-state index contributed by atoms with van der Waals surface area (Å²) < 4.78 is 37.9. The number of halogens is 3. The Kier molecular flexibility index (Phi) is 2.70. The highest BCUT2D eigenvalue weighted by molar-refractivity contribution is 6.04. The molecule has 0 aliphatic heterocycles. The van der Waals surface area contributed by atoms with E-state index in [1.807, 2.05) is 0 Å². The van der Waals surface area contributed by atoms with Crippen molar-refractivity contribution in [1.82, 2.24) is 19.9 Å². The van der Waals surface area contributed by atoms with Crippen molar-refractivity contribution in [3.8, 4) is 0 Å². The molecule has 1 fully saturated rings. The van der Waals surface area contributed by atoms with Gasteiger partial charge in [0.15, 0.2) is 0 Å². The molecule has 8 heteroatoms. The lowest BCUT2D eigenvalue weighted by Crippen LogP contribution is -2.29. The highest BCUT2D eigenvalue weighted by Crippen LogP contribution is 2.31. The average molecular weight is 284 g/mol. The first-order valence-corrected chi connectivity index (χ1v) is 6.06. The van der Waals surface area contributed by atoms with Crippen LogP contribution in [0.1, 0.15) is 29.0 Å². The lowest BCUT2D eigenvalue weighted by Gasteiger charge is -2.15. The molecule has 0 atom stereocenters. The Balaban J connectivity index is 2.06. The van der Waals surface area contributed by atoms with Crippen molar-refractivity contribution in [3.05, 3.63) is 23.8 Å². The van der Waals surface area contributed by atoms with E-state index in [1.165, 1.54) is 17.3 Å². The third-order valence-electron chi connectivity index (χ3n) is 3.31. The Morgan fingerprint density at radius 1 is 1.40 bits per heavy atom. The van der Waals surface area contributed by atoms with Crippen molar-refractivity contribution >= 4 is 16.9 Å². The number of aromatic nitrogens is 3. The number of alkyl halides is 3. The summed E-state index contributed by atoms with van der Waals surface area (Å²) in [6.07, 6.45) is -0.266. The lowest BCUT2D eigenvalue weighted by atomic mass is 10.2. The maximum Gasteiger partial charge on any atom is 0.449 e. The zero-order chi connectivity index (χ0) is 14.5. The Morgan fingerprint density at radius 3 is 2.70 bits per heavy atom. The molecule has 0 spiro atoms. The van der Waals surface area contributed by atoms with Gasteiger partial charge in [0.25, 0.3) is 5.91 Å². The second-order valence-electron chi connectivity index (χ2n) is 4.81. The Morgan fingerprint density at radius 2 is 2.10 bits per heavy atom. The molecule has 0 radical (unpaired) electrons. The molecule has 2 aromatic rings. The number of aromatic amines is 1. The summed E-state index contributed by atoms with van der Waals surface area (Å²) >= 11 is 0. The highest BCUT2D eigenvalue weighted by atomic mass is 19.4. The molecule has 106 valence electrons. The standard InChI is InChI=1S/C12H11F3N4O/c1-19(6-2-3-6)10(20)7-4-16-5-8-9(7)18-11(17-8)12(13,14)15/h4-6H,2-3H2,1H3,(H,17,18). The highest BCUT2D eigenvalue weighted by Gasteiger charge is 2.36. The zero-order valence-electron chi connectivity index (χ0n) is 10.5. The van der Waals surface area contributed by atoms with E-state index in [4.69, 9.17) is 0 Å². The molecule has 2 aromatic heterocycles. The maximum atomic E-state index is 12.6. The summed E-state index contributed by atoms with van der Waals surface area (Å²) in [7, 11) is 1.64. The van der Waals surface area contributed by atoms with Gasteiger partial charge in [-0.05, 0) is 12.8 Å². The van der Waals surface area contributed by atoms with Crippen LogP contribution >= 0.6 is 0 Å². The van der Waals surface area contributed by atoms with Crippen LogP contribution in [-0.2, 0) is 6.18 Å². The molecule has 1 aliphatic carbocycles. The number of pyridine rings is 1. The zero-order valence-corrected chi connectivity index (χ0v) is 10.5. The Labute approximate surface area is 111 Å². The van der Waals surface area contributed by atoms with E-state index >= 15 is 0 Å². The van der Waals surface area contributed by atoms with E-state index in [0.717, 1.165) is 12.8 Å². The molecule has 1 amide bonds. The average Bonchev–Trinajstić information content (AvgIpc) is 3.13. The molecule has 20 heavy (non-hydrogen) atoms. The number of fused-ring (bicyclic) bond motifs is 1. The number of carbonyl (C=O) groups is 1. The van der Waals surface area contributed by atoms with Crippen LogP contribution in [0.15, 0.2) is 12.4 Å². The maximum absolute atomic E-state index is 12.6. The van der Waals surface area contributed by atoms with E-state index in [0.29, 0.717) is 0 Å². The van der Waals surface area contributed by atoms with Gasteiger partial charge in [-0.25, -0.2) is 4.98 Å². The van der Waals surface area contributed by atoms with E-state index in [1.54, 1.807) is 7.05 Å². The number of hydrogen-bond acceptors (Lipinski definition) is 3. The first-order chi connectivity index (χ1) is 9.38. The molecule has 1 saturated carbocycles. The molecular weight excluding hydrogens is 273 g/mol. The van der Waals surface area contributed by atoms with Gasteiger partial charge in [0, 0.05) is 19.3 Å². The normalized spacial score (nSPS) is 15.6. The number of rotatable bonds is 2. The molecule has 2 heterocycles. The predicted octanol–water partition coefficient (Wildman–Crippen LogP) is 2.21. The van der Waals surface area contributed by atoms with Gasteiger partial charge < -0.3 is 9.88 Å². The van der Waals surface area contributed by atoms with Crippen LogP contribution < -0.4 is 0 Å². The van der Waals surface area contributed by atoms with E-state index in [-0.39, 0.29) is 28.5 Å². The van der Waals surface area contributed by atoms with Crippen molar-refractivity contribution in [1.29, 1.82) is 0 Å². The van der Waals surface area contributed by atoms with Gasteiger partial charge in [0.1, 0.15) is 5.52 Å². The minimum atomic E-state index is -4.58. The Bertz CT molecular complexity index is 675. The van der Waals surface area contributed by atoms with E-state index < -0.39 is 12.0 Å². The third kappa shape index (κ3) is 2.10. The van der Waals surface area contributed by atoms with Crippen LogP contribution in [0.4, 0.5) is 13.2 Å². The first-order valence-electron chi connectivity index (χ1n) is 6.06. The number of imidazole rings is 1. The van der Waals surface area contributed by atoms with Gasteiger partial charge in [-0.1, -0.05) is 0 Å². The second kappa shape index (κ2) is 4.19. The number of hydrogen-bond donors (Lipinski definition) is 1. The summed E-state index contributed by atoms with van der Waals surface area (Å²) in [5, 5.41) is 0. The fraction of sp³-hybridized carbons (Fsp3) is 0.417. The number of amides is 1. The van der Waals surface area contributed by atoms with Gasteiger partial charge >= 0.3 is 6.18 Å². The molecule has 1 aliphatic rings. The topological polar surface area (TPSA) is 61.9 Å². The number of H-pyrrole nitrogens is 1. The molecule has 0 bridgehead atoms. The molecule has 0 unspecified atom stereocenters. The van der Waals surface area contributed by atoms with Gasteiger partial charge in [-0.15, -0.1) is 0 Å². The van der Waals surface area contributed by atoms with Crippen LogP contribution in [0.5, 0.6) is 0 Å². The fourth-order valence-corrected chi connectivity index (χ4v) is 2.04. The van der Waals surface area contributed by atoms with Crippen LogP contribution in [0.25, 0.3) is 11.0 Å². The first kappa shape index (κ1) is 12.9. The van der Waals surface area contributed by atoms with Crippen molar-refractivity contribution < 1.29 is 18.0 Å². The molecule has 5 nitrogen and oxygen atoms in total. The van der Waals surface area contributed by atoms with Crippen LogP contribution in [0.3, 0.4) is 0 Å². The molecule has 0 saturated heterocycles. The summed E-state index contributed by atoms with van der Waals surface area (Å²) in [6, 6.07) is 0.166. The quantitative estimate of drug-likeness (QED) is 0.919. The molecule has 0 aromatic carbocycles. The molecule has 1 N–H and O–H groups in total. The summed E-state index contributed by atoms with van der Waals surface area (Å²) in [4.78, 5) is 23.2. The second-order valence-corrected chi connectivity index (χ2v) is 4.81. The minimum Gasteiger partial charge on any atom is -0.339 e. The molecular formula is C12H11F3N4O. The third-order valence-corrected chi connectivity index (χ3v) is 3.31. The van der Waals surface area contributed by atoms with Crippen molar-refractivity contribution in [3.63, 3.8) is 0 Å². The summed E-state index contributed by atoms with van der Waals surface area (Å²) in [5.74, 6) is -1.48. The smallest absolute Gasteiger partial charge is 0.339 e. The van der Waals surface area contributed by atoms with Gasteiger partial charge in [-0.2, -0.15) is 13.2 Å². The number of carbonyl (C=O) groups excluding carboxylic acids is 1. The predicted molar refractivity (Wildman–Crippen MR) is 64.0 cm³/mol. The largest absolute Gasteiger partial charge is 0.449 e. The van der Waals surface area contributed by atoms with E-state index in [2.05, 4.69) is 15.0 Å². The van der Waals surface area contributed by atoms with Gasteiger partial charge in [-0.3, -0.25) is 9.78 Å². The number of nitrogens with zero attached hydrogens (tertiary/aromatic N) is 3.